The van der Waals surface area contributed by atoms with Crippen LogP contribution in [0.3, 0.4) is 0 Å². The van der Waals surface area contributed by atoms with Gasteiger partial charge in [-0.2, -0.15) is 83.4 Å². The SMILES string of the molecule is CCO[Si](OCC)(OCC)C(F)(F)C(F)C(F)(F)C(F)(F)C(F)(F)C(F)(F)C(F)(F)C(F)(F)C(F)(F)C(F)(F)F. The van der Waals surface area contributed by atoms with Gasteiger partial charge in [-0.3, -0.25) is 0 Å². The molecule has 0 aliphatic heterocycles. The van der Waals surface area contributed by atoms with Crippen LogP contribution in [0.2, 0.25) is 0 Å². The molecule has 24 heteroatoms. The lowest BCUT2D eigenvalue weighted by Gasteiger charge is -2.44. The van der Waals surface area contributed by atoms with Crippen LogP contribution >= 0.6 is 0 Å². The Morgan fingerprint density at radius 3 is 0.950 bits per heavy atom. The zero-order valence-corrected chi connectivity index (χ0v) is 20.5. The Morgan fingerprint density at radius 1 is 0.450 bits per heavy atom. The summed E-state index contributed by atoms with van der Waals surface area (Å²) in [6.45, 7) is -1.03. The molecule has 0 saturated carbocycles. The number of hydrogen-bond donors (Lipinski definition) is 0. The first-order valence-electron chi connectivity index (χ1n) is 9.99. The molecule has 242 valence electrons. The van der Waals surface area contributed by atoms with Crippen LogP contribution < -0.4 is 0 Å². The fourth-order valence-electron chi connectivity index (χ4n) is 2.70. The van der Waals surface area contributed by atoms with Crippen LogP contribution in [-0.4, -0.2) is 88.0 Å². The van der Waals surface area contributed by atoms with E-state index in [1.54, 1.807) is 0 Å². The lowest BCUT2D eigenvalue weighted by molar-refractivity contribution is -0.464. The normalized spacial score (nSPS) is 16.9. The van der Waals surface area contributed by atoms with E-state index in [9.17, 15) is 87.8 Å². The van der Waals surface area contributed by atoms with Crippen molar-refractivity contribution in [2.45, 2.75) is 80.1 Å². The molecule has 0 aromatic carbocycles. The van der Waals surface area contributed by atoms with Crippen molar-refractivity contribution < 1.29 is 101 Å². The van der Waals surface area contributed by atoms with Crippen LogP contribution in [0.4, 0.5) is 87.8 Å². The highest BCUT2D eigenvalue weighted by Gasteiger charge is 2.96. The van der Waals surface area contributed by atoms with Crippen LogP contribution in [0.15, 0.2) is 0 Å². The monoisotopic (exact) mass is 664 g/mol. The first kappa shape index (κ1) is 38.7. The molecule has 0 aromatic rings. The van der Waals surface area contributed by atoms with Gasteiger partial charge >= 0.3 is 62.0 Å². The standard InChI is InChI=1S/C16H16F20O3Si/c1-4-37-40(38-5-2,39-6-3)9(20,21)7(17)8(18,19)10(22,23)11(24,25)12(26,27)13(28,29)14(30,31)15(32,33)16(34,35)36/h7H,4-6H2,1-3H3. The maximum atomic E-state index is 14.7. The van der Waals surface area contributed by atoms with Crippen molar-refractivity contribution in [3.63, 3.8) is 0 Å². The van der Waals surface area contributed by atoms with Crippen LogP contribution in [0.5, 0.6) is 0 Å². The molecule has 0 rings (SSSR count). The summed E-state index contributed by atoms with van der Waals surface area (Å²) in [5.74, 6) is -60.9. The fraction of sp³-hybridized carbons (Fsp3) is 1.00. The molecular weight excluding hydrogens is 648 g/mol. The molecule has 0 bridgehead atoms. The molecular formula is C16H16F20O3Si. The maximum absolute atomic E-state index is 14.7. The zero-order chi connectivity index (χ0) is 32.8. The quantitative estimate of drug-likeness (QED) is 0.134. The molecule has 0 aliphatic carbocycles. The van der Waals surface area contributed by atoms with Gasteiger partial charge in [0.1, 0.15) is 0 Å². The minimum Gasteiger partial charge on any atom is -0.370 e. The van der Waals surface area contributed by atoms with Gasteiger partial charge in [-0.05, 0) is 20.8 Å². The van der Waals surface area contributed by atoms with Crippen molar-refractivity contribution in [3.05, 3.63) is 0 Å². The topological polar surface area (TPSA) is 27.7 Å². The van der Waals surface area contributed by atoms with E-state index >= 15 is 0 Å². The molecule has 40 heavy (non-hydrogen) atoms. The van der Waals surface area contributed by atoms with E-state index in [-0.39, 0.29) is 0 Å². The van der Waals surface area contributed by atoms with Gasteiger partial charge in [0.2, 0.25) is 6.17 Å². The zero-order valence-electron chi connectivity index (χ0n) is 19.5. The van der Waals surface area contributed by atoms with Gasteiger partial charge in [-0.15, -0.1) is 0 Å². The van der Waals surface area contributed by atoms with E-state index in [1.807, 2.05) is 0 Å². The molecule has 1 unspecified atom stereocenters. The van der Waals surface area contributed by atoms with Crippen molar-refractivity contribution in [1.29, 1.82) is 0 Å². The molecule has 0 amide bonds. The van der Waals surface area contributed by atoms with Gasteiger partial charge in [0.05, 0.1) is 0 Å². The molecule has 1 atom stereocenters. The predicted octanol–water partition coefficient (Wildman–Crippen LogP) is 7.56. The van der Waals surface area contributed by atoms with Gasteiger partial charge in [0.25, 0.3) is 0 Å². The molecule has 3 nitrogen and oxygen atoms in total. The third-order valence-electron chi connectivity index (χ3n) is 4.79. The fourth-order valence-corrected chi connectivity index (χ4v) is 5.16. The average Bonchev–Trinajstić information content (AvgIpc) is 2.77. The van der Waals surface area contributed by atoms with Gasteiger partial charge in [-0.25, -0.2) is 4.39 Å². The van der Waals surface area contributed by atoms with Gasteiger partial charge < -0.3 is 13.3 Å². The number of hydrogen-bond acceptors (Lipinski definition) is 3. The van der Waals surface area contributed by atoms with Crippen molar-refractivity contribution >= 4 is 8.80 Å². The summed E-state index contributed by atoms with van der Waals surface area (Å²) in [6, 6.07) is 0. The average molecular weight is 664 g/mol. The minimum atomic E-state index is -9.05. The highest BCUT2D eigenvalue weighted by Crippen LogP contribution is 2.65. The van der Waals surface area contributed by atoms with Crippen molar-refractivity contribution in [1.82, 2.24) is 0 Å². The second-order valence-electron chi connectivity index (χ2n) is 7.41. The number of halogens is 20. The minimum absolute atomic E-state index is 0.754. The molecule has 0 N–H and O–H groups in total. The van der Waals surface area contributed by atoms with E-state index in [0.29, 0.717) is 0 Å². The smallest absolute Gasteiger partial charge is 0.370 e. The highest BCUT2D eigenvalue weighted by molar-refractivity contribution is 6.63. The Bertz CT molecular complexity index is 840. The van der Waals surface area contributed by atoms with Crippen molar-refractivity contribution in [2.75, 3.05) is 19.8 Å². The Balaban J connectivity index is 7.15. The molecule has 0 aromatic heterocycles. The van der Waals surface area contributed by atoms with Gasteiger partial charge in [0.15, 0.2) is 0 Å². The Morgan fingerprint density at radius 2 is 0.700 bits per heavy atom. The number of rotatable bonds is 15. The Kier molecular flexibility index (Phi) is 10.7. The van der Waals surface area contributed by atoms with Gasteiger partial charge in [0, 0.05) is 19.8 Å². The first-order valence-corrected chi connectivity index (χ1v) is 11.7. The number of alkyl halides is 20. The summed E-state index contributed by atoms with van der Waals surface area (Å²) in [5.41, 5.74) is -6.36. The summed E-state index contributed by atoms with van der Waals surface area (Å²) in [5, 5.41) is 0. The maximum Gasteiger partial charge on any atom is 0.578 e. The van der Waals surface area contributed by atoms with Crippen LogP contribution in [0.1, 0.15) is 20.8 Å². The lowest BCUT2D eigenvalue weighted by Crippen LogP contribution is -2.77. The Labute approximate surface area is 211 Å². The largest absolute Gasteiger partial charge is 0.578 e. The van der Waals surface area contributed by atoms with E-state index in [4.69, 9.17) is 0 Å². The first-order chi connectivity index (χ1) is 17.3. The third kappa shape index (κ3) is 5.21. The summed E-state index contributed by atoms with van der Waals surface area (Å²) in [4.78, 5) is 0. The van der Waals surface area contributed by atoms with E-state index in [0.717, 1.165) is 20.8 Å². The molecule has 0 fully saturated rings. The van der Waals surface area contributed by atoms with E-state index < -0.39 is 88.0 Å². The van der Waals surface area contributed by atoms with Crippen molar-refractivity contribution in [2.24, 2.45) is 0 Å². The molecule has 0 spiro atoms. The molecule has 0 aliphatic rings. The van der Waals surface area contributed by atoms with E-state index in [1.165, 1.54) is 0 Å². The highest BCUT2D eigenvalue weighted by atomic mass is 28.4. The second kappa shape index (κ2) is 11.1. The van der Waals surface area contributed by atoms with Crippen LogP contribution in [0, 0.1) is 0 Å². The predicted molar refractivity (Wildman–Crippen MR) is 91.2 cm³/mol. The summed E-state index contributed by atoms with van der Waals surface area (Å²) in [7, 11) is -6.44. The molecule has 0 radical (unpaired) electrons. The molecule has 0 saturated heterocycles. The second-order valence-corrected chi connectivity index (χ2v) is 10.1. The molecule has 0 heterocycles. The summed E-state index contributed by atoms with van der Waals surface area (Å²) < 4.78 is 283. The lowest BCUT2D eigenvalue weighted by atomic mass is 9.88. The van der Waals surface area contributed by atoms with E-state index in [2.05, 4.69) is 13.3 Å². The Hall–Kier alpha value is -1.30. The van der Waals surface area contributed by atoms with Crippen molar-refractivity contribution in [3.8, 4) is 0 Å². The summed E-state index contributed by atoms with van der Waals surface area (Å²) >= 11 is 0. The van der Waals surface area contributed by atoms with Crippen LogP contribution in [0.25, 0.3) is 0 Å². The third-order valence-corrected chi connectivity index (χ3v) is 7.87. The van der Waals surface area contributed by atoms with Crippen LogP contribution in [-0.2, 0) is 13.3 Å². The van der Waals surface area contributed by atoms with Gasteiger partial charge in [-0.1, -0.05) is 0 Å². The summed E-state index contributed by atoms with van der Waals surface area (Å²) in [6.07, 6.45) is -14.2.